The average molecular weight is 397 g/mol. The number of thioether (sulfide) groups is 1. The Morgan fingerprint density at radius 3 is 2.85 bits per heavy atom. The van der Waals surface area contributed by atoms with Gasteiger partial charge >= 0.3 is 0 Å². The predicted molar refractivity (Wildman–Crippen MR) is 99.8 cm³/mol. The Kier molecular flexibility index (Phi) is 6.15. The Labute approximate surface area is 160 Å². The molecule has 1 unspecified atom stereocenters. The van der Waals surface area contributed by atoms with Crippen molar-refractivity contribution in [3.8, 4) is 0 Å². The first kappa shape index (κ1) is 19.8. The summed E-state index contributed by atoms with van der Waals surface area (Å²) in [5.74, 6) is 0.265. The molecule has 1 saturated heterocycles. The van der Waals surface area contributed by atoms with E-state index < -0.39 is 6.10 Å². The molecule has 3 heterocycles. The normalized spacial score (nSPS) is 25.2. The molecule has 1 amide bonds. The van der Waals surface area contributed by atoms with E-state index in [4.69, 9.17) is 14.2 Å². The van der Waals surface area contributed by atoms with Crippen LogP contribution in [0.4, 0.5) is 0 Å². The number of hydrogen-bond donors (Lipinski definition) is 2. The summed E-state index contributed by atoms with van der Waals surface area (Å²) >= 11 is 1.58. The van der Waals surface area contributed by atoms with Crippen molar-refractivity contribution in [2.45, 2.75) is 29.8 Å². The summed E-state index contributed by atoms with van der Waals surface area (Å²) in [5.41, 5.74) is 0.435. The zero-order valence-corrected chi connectivity index (χ0v) is 16.4. The number of imidazole rings is 1. The highest BCUT2D eigenvalue weighted by Gasteiger charge is 2.47. The van der Waals surface area contributed by atoms with Crippen LogP contribution in [0, 0.1) is 6.92 Å². The summed E-state index contributed by atoms with van der Waals surface area (Å²) in [4.78, 5) is 35.1. The van der Waals surface area contributed by atoms with Crippen LogP contribution in [0.3, 0.4) is 0 Å². The maximum Gasteiger partial charge on any atom is 0.279 e. The zero-order chi connectivity index (χ0) is 19.6. The smallest absolute Gasteiger partial charge is 0.279 e. The Morgan fingerprint density at radius 2 is 2.19 bits per heavy atom. The molecule has 11 heteroatoms. The number of hydrogen-bond acceptors (Lipinski definition) is 8. The van der Waals surface area contributed by atoms with Gasteiger partial charge in [-0.25, -0.2) is 9.97 Å². The first-order chi connectivity index (χ1) is 13.0. The van der Waals surface area contributed by atoms with E-state index in [1.165, 1.54) is 0 Å². The molecule has 0 aliphatic carbocycles. The van der Waals surface area contributed by atoms with Gasteiger partial charge in [-0.3, -0.25) is 14.2 Å². The number of amides is 1. The summed E-state index contributed by atoms with van der Waals surface area (Å²) in [7, 11) is 4.78. The monoisotopic (exact) mass is 397 g/mol. The number of carbonyl (C=O) groups is 1. The van der Waals surface area contributed by atoms with Gasteiger partial charge in [0.25, 0.3) is 5.56 Å². The molecule has 2 aromatic heterocycles. The Balaban J connectivity index is 2.00. The van der Waals surface area contributed by atoms with Crippen molar-refractivity contribution >= 4 is 28.8 Å². The number of carbonyl (C=O) groups excluding carboxylic acids is 1. The molecule has 148 valence electrons. The fourth-order valence-electron chi connectivity index (χ4n) is 3.16. The van der Waals surface area contributed by atoms with Crippen molar-refractivity contribution in [1.29, 1.82) is 0 Å². The summed E-state index contributed by atoms with van der Waals surface area (Å²) in [6.45, 7) is 2.07. The molecule has 27 heavy (non-hydrogen) atoms. The predicted octanol–water partition coefficient (Wildman–Crippen LogP) is -0.165. The van der Waals surface area contributed by atoms with Crippen molar-refractivity contribution in [3.63, 3.8) is 0 Å². The SMILES string of the molecule is CNC(=O)CO[C@H]1C(OC)[C@@H](COC)S[C@H]1n1cnc2c(=O)[nH]c(C)nc21. The van der Waals surface area contributed by atoms with Crippen molar-refractivity contribution in [2.75, 3.05) is 34.5 Å². The quantitative estimate of drug-likeness (QED) is 0.661. The first-order valence-corrected chi connectivity index (χ1v) is 9.37. The molecule has 0 bridgehead atoms. The zero-order valence-electron chi connectivity index (χ0n) is 15.6. The number of methoxy groups -OCH3 is 2. The number of ether oxygens (including phenoxy) is 3. The van der Waals surface area contributed by atoms with E-state index in [0.29, 0.717) is 18.1 Å². The van der Waals surface area contributed by atoms with E-state index >= 15 is 0 Å². The molecule has 0 spiro atoms. The summed E-state index contributed by atoms with van der Waals surface area (Å²) in [6.07, 6.45) is 0.823. The minimum atomic E-state index is -0.448. The minimum Gasteiger partial charge on any atom is -0.383 e. The third-order valence-electron chi connectivity index (χ3n) is 4.40. The van der Waals surface area contributed by atoms with Gasteiger partial charge in [0.05, 0.1) is 18.2 Å². The van der Waals surface area contributed by atoms with Crippen LogP contribution < -0.4 is 10.9 Å². The van der Waals surface area contributed by atoms with E-state index in [1.807, 2.05) is 0 Å². The van der Waals surface area contributed by atoms with Crippen molar-refractivity contribution in [3.05, 3.63) is 22.5 Å². The molecular formula is C16H23N5O5S. The number of aromatic nitrogens is 4. The lowest BCUT2D eigenvalue weighted by Crippen LogP contribution is -2.39. The van der Waals surface area contributed by atoms with Gasteiger partial charge in [0.2, 0.25) is 5.91 Å². The van der Waals surface area contributed by atoms with Crippen molar-refractivity contribution in [2.24, 2.45) is 0 Å². The number of aryl methyl sites for hydroxylation is 1. The van der Waals surface area contributed by atoms with Gasteiger partial charge in [-0.1, -0.05) is 0 Å². The molecule has 0 radical (unpaired) electrons. The Morgan fingerprint density at radius 1 is 1.41 bits per heavy atom. The third-order valence-corrected chi connectivity index (χ3v) is 5.93. The molecule has 0 saturated carbocycles. The second-order valence-corrected chi connectivity index (χ2v) is 7.51. The van der Waals surface area contributed by atoms with Crippen LogP contribution in [-0.2, 0) is 19.0 Å². The van der Waals surface area contributed by atoms with E-state index in [9.17, 15) is 9.59 Å². The third kappa shape index (κ3) is 3.86. The lowest BCUT2D eigenvalue weighted by atomic mass is 10.1. The van der Waals surface area contributed by atoms with Crippen LogP contribution >= 0.6 is 11.8 Å². The molecule has 2 aromatic rings. The lowest BCUT2D eigenvalue weighted by Gasteiger charge is -2.25. The Hall–Kier alpha value is -1.95. The highest BCUT2D eigenvalue weighted by molar-refractivity contribution is 8.00. The highest BCUT2D eigenvalue weighted by atomic mass is 32.2. The van der Waals surface area contributed by atoms with E-state index in [1.54, 1.807) is 50.8 Å². The van der Waals surface area contributed by atoms with Gasteiger partial charge in [-0.2, -0.15) is 0 Å². The number of fused-ring (bicyclic) bond motifs is 1. The van der Waals surface area contributed by atoms with Crippen LogP contribution in [0.25, 0.3) is 11.2 Å². The molecule has 1 aliphatic rings. The van der Waals surface area contributed by atoms with Gasteiger partial charge in [0, 0.05) is 21.3 Å². The average Bonchev–Trinajstić information content (AvgIpc) is 3.20. The molecule has 3 rings (SSSR count). The molecule has 1 fully saturated rings. The van der Waals surface area contributed by atoms with E-state index in [2.05, 4.69) is 20.3 Å². The molecule has 4 atom stereocenters. The summed E-state index contributed by atoms with van der Waals surface area (Å²) < 4.78 is 18.7. The number of rotatable bonds is 7. The summed E-state index contributed by atoms with van der Waals surface area (Å²) in [6, 6.07) is 0. The van der Waals surface area contributed by atoms with Crippen LogP contribution in [-0.4, -0.2) is 77.4 Å². The molecule has 1 aliphatic heterocycles. The standard InChI is InChI=1S/C16H23N5O5S/c1-8-19-14-11(15(23)20-8)18-7-21(14)16-13(26-6-10(22)17-2)12(25-4)9(27-16)5-24-3/h7,9,12-13,16H,5-6H2,1-4H3,(H,17,22)(H,19,20,23)/t9-,12?,13+,16-/m1/s1. The molecule has 10 nitrogen and oxygen atoms in total. The molecule has 0 aromatic carbocycles. The van der Waals surface area contributed by atoms with Crippen LogP contribution in [0.5, 0.6) is 0 Å². The molecular weight excluding hydrogens is 374 g/mol. The lowest BCUT2D eigenvalue weighted by molar-refractivity contribution is -0.131. The largest absolute Gasteiger partial charge is 0.383 e. The van der Waals surface area contributed by atoms with E-state index in [-0.39, 0.29) is 40.3 Å². The topological polar surface area (TPSA) is 120 Å². The van der Waals surface area contributed by atoms with Crippen LogP contribution in [0.2, 0.25) is 0 Å². The maximum atomic E-state index is 12.1. The number of aromatic amines is 1. The van der Waals surface area contributed by atoms with Gasteiger partial charge in [-0.05, 0) is 6.92 Å². The second kappa shape index (κ2) is 8.38. The van der Waals surface area contributed by atoms with Crippen molar-refractivity contribution in [1.82, 2.24) is 24.8 Å². The second-order valence-electron chi connectivity index (χ2n) is 6.14. The Bertz CT molecular complexity index is 868. The van der Waals surface area contributed by atoms with Crippen LogP contribution in [0.1, 0.15) is 11.2 Å². The van der Waals surface area contributed by atoms with Gasteiger partial charge < -0.3 is 24.5 Å². The summed E-state index contributed by atoms with van der Waals surface area (Å²) in [5, 5.41) is 2.25. The maximum absolute atomic E-state index is 12.1. The number of H-pyrrole nitrogens is 1. The fraction of sp³-hybridized carbons (Fsp3) is 0.625. The first-order valence-electron chi connectivity index (χ1n) is 8.43. The number of nitrogens with one attached hydrogen (secondary N) is 2. The van der Waals surface area contributed by atoms with E-state index in [0.717, 1.165) is 0 Å². The number of nitrogens with zero attached hydrogens (tertiary/aromatic N) is 3. The van der Waals surface area contributed by atoms with Gasteiger partial charge in [0.15, 0.2) is 11.2 Å². The highest BCUT2D eigenvalue weighted by Crippen LogP contribution is 2.45. The van der Waals surface area contributed by atoms with Crippen LogP contribution in [0.15, 0.2) is 11.1 Å². The number of likely N-dealkylation sites (N-methyl/N-ethyl adjacent to an activating group) is 1. The molecule has 2 N–H and O–H groups in total. The minimum absolute atomic E-state index is 0.0137. The van der Waals surface area contributed by atoms with Crippen molar-refractivity contribution < 1.29 is 19.0 Å². The van der Waals surface area contributed by atoms with Gasteiger partial charge in [-0.15, -0.1) is 11.8 Å². The van der Waals surface area contributed by atoms with Gasteiger partial charge in [0.1, 0.15) is 30.0 Å². The fourth-order valence-corrected chi connectivity index (χ4v) is 4.83.